The molecule has 0 aliphatic carbocycles. The van der Waals surface area contributed by atoms with Crippen molar-refractivity contribution in [3.8, 4) is 0 Å². The molecule has 6 heteroatoms. The van der Waals surface area contributed by atoms with Crippen molar-refractivity contribution in [3.05, 3.63) is 0 Å². The van der Waals surface area contributed by atoms with Crippen molar-refractivity contribution in [1.29, 1.82) is 0 Å². The number of hydrogen-bond donors (Lipinski definition) is 1. The molecule has 0 bridgehead atoms. The third-order valence-electron chi connectivity index (χ3n) is 2.02. The minimum atomic E-state index is -1.09. The number of aliphatic carboxylic acids is 1. The van der Waals surface area contributed by atoms with E-state index in [0.717, 1.165) is 5.01 Å². The van der Waals surface area contributed by atoms with E-state index in [0.29, 0.717) is 18.2 Å². The minimum absolute atomic E-state index is 0.339. The van der Waals surface area contributed by atoms with Crippen LogP contribution < -0.4 is 0 Å². The molecule has 0 aromatic heterocycles. The topological polar surface area (TPSA) is 79.2 Å². The molecule has 0 radical (unpaired) electrons. The number of nitrogens with zero attached hydrogens (tertiary/aromatic N) is 2. The smallest absolute Gasteiger partial charge is 0.325 e. The summed E-state index contributed by atoms with van der Waals surface area (Å²) in [7, 11) is 0. The zero-order valence-corrected chi connectivity index (χ0v) is 9.64. The number of carboxylic acids is 1. The molecule has 1 aliphatic heterocycles. The summed E-state index contributed by atoms with van der Waals surface area (Å²) >= 11 is 0. The third-order valence-corrected chi connectivity index (χ3v) is 2.02. The lowest BCUT2D eigenvalue weighted by molar-refractivity contribution is -0.149. The maximum absolute atomic E-state index is 11.5. The molecule has 0 fully saturated rings. The van der Waals surface area contributed by atoms with Crippen LogP contribution in [-0.4, -0.2) is 40.5 Å². The molecular weight excluding hydrogens is 212 g/mol. The first-order valence-electron chi connectivity index (χ1n) is 5.17. The number of rotatable bonds is 4. The summed E-state index contributed by atoms with van der Waals surface area (Å²) in [5.41, 5.74) is 0. The number of amides is 1. The van der Waals surface area contributed by atoms with Gasteiger partial charge in [0.05, 0.1) is 0 Å². The van der Waals surface area contributed by atoms with E-state index in [1.165, 1.54) is 0 Å². The van der Waals surface area contributed by atoms with E-state index >= 15 is 0 Å². The van der Waals surface area contributed by atoms with Crippen LogP contribution in [-0.2, 0) is 14.3 Å². The van der Waals surface area contributed by atoms with Crippen LogP contribution in [0, 0.1) is 5.92 Å². The van der Waals surface area contributed by atoms with Crippen molar-refractivity contribution < 1.29 is 19.4 Å². The highest BCUT2D eigenvalue weighted by Crippen LogP contribution is 2.13. The van der Waals surface area contributed by atoms with Gasteiger partial charge in [-0.3, -0.25) is 9.59 Å². The molecule has 90 valence electrons. The fraction of sp³-hybridized carbons (Fsp3) is 0.700. The van der Waals surface area contributed by atoms with Gasteiger partial charge < -0.3 is 9.84 Å². The second kappa shape index (κ2) is 4.96. The standard InChI is InChI=1S/C10H16N2O4/c1-6(2)4-8-11-12(5-9(13)14)10(15)7(3)16-8/h6-7H,4-5H2,1-3H3,(H,13,14). The number of carbonyl (C=O) groups excluding carboxylic acids is 1. The normalized spacial score (nSPS) is 20.8. The van der Waals surface area contributed by atoms with Gasteiger partial charge in [-0.1, -0.05) is 13.8 Å². The molecule has 1 rings (SSSR count). The van der Waals surface area contributed by atoms with Crippen molar-refractivity contribution in [2.75, 3.05) is 6.54 Å². The van der Waals surface area contributed by atoms with Crippen molar-refractivity contribution in [2.24, 2.45) is 11.0 Å². The molecule has 1 heterocycles. The first-order chi connectivity index (χ1) is 7.40. The summed E-state index contributed by atoms with van der Waals surface area (Å²) in [6.45, 7) is 5.16. The van der Waals surface area contributed by atoms with E-state index in [1.807, 2.05) is 13.8 Å². The Balaban J connectivity index is 2.79. The second-order valence-corrected chi connectivity index (χ2v) is 4.14. The molecule has 1 unspecified atom stereocenters. The molecule has 1 N–H and O–H groups in total. The van der Waals surface area contributed by atoms with Crippen molar-refractivity contribution in [1.82, 2.24) is 5.01 Å². The number of carboxylic acid groups (broad SMARTS) is 1. The molecule has 0 aromatic carbocycles. The van der Waals surface area contributed by atoms with Gasteiger partial charge in [0.2, 0.25) is 5.90 Å². The molecule has 6 nitrogen and oxygen atoms in total. The Bertz CT molecular complexity index is 325. The second-order valence-electron chi connectivity index (χ2n) is 4.14. The van der Waals surface area contributed by atoms with E-state index in [4.69, 9.17) is 9.84 Å². The van der Waals surface area contributed by atoms with Crippen LogP contribution in [0.2, 0.25) is 0 Å². The Morgan fingerprint density at radius 3 is 2.75 bits per heavy atom. The molecule has 0 saturated carbocycles. The zero-order chi connectivity index (χ0) is 12.3. The number of carbonyl (C=O) groups is 2. The van der Waals surface area contributed by atoms with Gasteiger partial charge in [0, 0.05) is 6.42 Å². The molecule has 1 amide bonds. The Hall–Kier alpha value is -1.59. The Morgan fingerprint density at radius 1 is 1.62 bits per heavy atom. The zero-order valence-electron chi connectivity index (χ0n) is 9.64. The average molecular weight is 228 g/mol. The van der Waals surface area contributed by atoms with Gasteiger partial charge in [0.25, 0.3) is 5.91 Å². The highest BCUT2D eigenvalue weighted by Gasteiger charge is 2.30. The van der Waals surface area contributed by atoms with E-state index < -0.39 is 24.5 Å². The molecule has 0 aromatic rings. The largest absolute Gasteiger partial charge is 0.480 e. The first kappa shape index (κ1) is 12.5. The lowest BCUT2D eigenvalue weighted by Crippen LogP contribution is -2.44. The van der Waals surface area contributed by atoms with Gasteiger partial charge in [0.1, 0.15) is 6.54 Å². The van der Waals surface area contributed by atoms with Gasteiger partial charge in [-0.2, -0.15) is 0 Å². The van der Waals surface area contributed by atoms with Crippen LogP contribution in [0.15, 0.2) is 5.10 Å². The first-order valence-corrected chi connectivity index (χ1v) is 5.17. The van der Waals surface area contributed by atoms with Crippen molar-refractivity contribution in [3.63, 3.8) is 0 Å². The van der Waals surface area contributed by atoms with E-state index in [-0.39, 0.29) is 0 Å². The highest BCUT2D eigenvalue weighted by molar-refractivity contribution is 5.91. The van der Waals surface area contributed by atoms with Crippen LogP contribution in [0.25, 0.3) is 0 Å². The summed E-state index contributed by atoms with van der Waals surface area (Å²) in [4.78, 5) is 22.1. The molecule has 1 aliphatic rings. The van der Waals surface area contributed by atoms with Gasteiger partial charge >= 0.3 is 5.97 Å². The van der Waals surface area contributed by atoms with Gasteiger partial charge in [0.15, 0.2) is 6.10 Å². The monoisotopic (exact) mass is 228 g/mol. The lowest BCUT2D eigenvalue weighted by Gasteiger charge is -2.27. The molecule has 1 atom stereocenters. The van der Waals surface area contributed by atoms with Crippen LogP contribution in [0.1, 0.15) is 27.2 Å². The maximum atomic E-state index is 11.5. The Kier molecular flexibility index (Phi) is 3.87. The third kappa shape index (κ3) is 3.22. The summed E-state index contributed by atoms with van der Waals surface area (Å²) < 4.78 is 5.29. The summed E-state index contributed by atoms with van der Waals surface area (Å²) in [6, 6.07) is 0. The summed E-state index contributed by atoms with van der Waals surface area (Å²) in [5, 5.41) is 13.5. The highest BCUT2D eigenvalue weighted by atomic mass is 16.5. The molecular formula is C10H16N2O4. The fourth-order valence-corrected chi connectivity index (χ4v) is 1.35. The molecule has 16 heavy (non-hydrogen) atoms. The van der Waals surface area contributed by atoms with Crippen molar-refractivity contribution in [2.45, 2.75) is 33.3 Å². The Morgan fingerprint density at radius 2 is 2.25 bits per heavy atom. The number of ether oxygens (including phenoxy) is 1. The molecule has 0 spiro atoms. The summed E-state index contributed by atoms with van der Waals surface area (Å²) in [5.74, 6) is -0.751. The van der Waals surface area contributed by atoms with Crippen LogP contribution in [0.5, 0.6) is 0 Å². The number of hydrazone groups is 1. The Labute approximate surface area is 93.9 Å². The molecule has 0 saturated heterocycles. The SMILES string of the molecule is CC(C)CC1=NN(CC(=O)O)C(=O)C(C)O1. The number of hydrogen-bond acceptors (Lipinski definition) is 4. The maximum Gasteiger partial charge on any atom is 0.325 e. The average Bonchev–Trinajstić information content (AvgIpc) is 2.11. The van der Waals surface area contributed by atoms with Gasteiger partial charge in [-0.15, -0.1) is 5.10 Å². The minimum Gasteiger partial charge on any atom is -0.480 e. The quantitative estimate of drug-likeness (QED) is 0.767. The summed E-state index contributed by atoms with van der Waals surface area (Å²) in [6.07, 6.45) is -0.0705. The van der Waals surface area contributed by atoms with E-state index in [2.05, 4.69) is 5.10 Å². The van der Waals surface area contributed by atoms with Gasteiger partial charge in [-0.05, 0) is 12.8 Å². The fourth-order valence-electron chi connectivity index (χ4n) is 1.35. The van der Waals surface area contributed by atoms with Gasteiger partial charge in [-0.25, -0.2) is 5.01 Å². The predicted octanol–water partition coefficient (Wildman–Crippen LogP) is 0.678. The van der Waals surface area contributed by atoms with Crippen LogP contribution >= 0.6 is 0 Å². The predicted molar refractivity (Wildman–Crippen MR) is 56.8 cm³/mol. The van der Waals surface area contributed by atoms with Crippen LogP contribution in [0.3, 0.4) is 0 Å². The van der Waals surface area contributed by atoms with Crippen LogP contribution in [0.4, 0.5) is 0 Å². The lowest BCUT2D eigenvalue weighted by atomic mass is 10.1. The van der Waals surface area contributed by atoms with E-state index in [9.17, 15) is 9.59 Å². The van der Waals surface area contributed by atoms with E-state index in [1.54, 1.807) is 6.92 Å². The van der Waals surface area contributed by atoms with Crippen molar-refractivity contribution >= 4 is 17.8 Å².